The van der Waals surface area contributed by atoms with E-state index in [1.807, 2.05) is 24.3 Å². The molecule has 0 aliphatic heterocycles. The van der Waals surface area contributed by atoms with Crippen LogP contribution in [0, 0.1) is 5.82 Å². The van der Waals surface area contributed by atoms with Gasteiger partial charge in [-0.25, -0.2) is 4.39 Å². The molecule has 1 N–H and O–H groups in total. The van der Waals surface area contributed by atoms with Crippen LogP contribution in [-0.4, -0.2) is 19.1 Å². The summed E-state index contributed by atoms with van der Waals surface area (Å²) >= 11 is 3.36. The zero-order valence-electron chi connectivity index (χ0n) is 11.3. The van der Waals surface area contributed by atoms with E-state index >= 15 is 0 Å². The quantitative estimate of drug-likeness (QED) is 0.810. The van der Waals surface area contributed by atoms with E-state index in [2.05, 4.69) is 21.2 Å². The van der Waals surface area contributed by atoms with E-state index in [0.717, 1.165) is 15.8 Å². The zero-order chi connectivity index (χ0) is 15.1. The average Bonchev–Trinajstić information content (AvgIpc) is 2.46. The fourth-order valence-electron chi connectivity index (χ4n) is 1.77. The maximum atomic E-state index is 12.7. The molecule has 0 heterocycles. The Labute approximate surface area is 131 Å². The van der Waals surface area contributed by atoms with Crippen LogP contribution in [0.25, 0.3) is 0 Å². The first-order valence-corrected chi connectivity index (χ1v) is 7.32. The number of ether oxygens (including phenoxy) is 1. The van der Waals surface area contributed by atoms with E-state index in [0.29, 0.717) is 13.2 Å². The maximum absolute atomic E-state index is 12.7. The van der Waals surface area contributed by atoms with Crippen LogP contribution in [0.2, 0.25) is 0 Å². The Kier molecular flexibility index (Phi) is 5.75. The molecule has 0 saturated carbocycles. The molecule has 21 heavy (non-hydrogen) atoms. The van der Waals surface area contributed by atoms with E-state index < -0.39 is 0 Å². The van der Waals surface area contributed by atoms with Gasteiger partial charge in [-0.15, -0.1) is 0 Å². The normalized spacial score (nSPS) is 10.2. The number of nitrogens with one attached hydrogen (secondary N) is 1. The second-order valence-electron chi connectivity index (χ2n) is 4.46. The average molecular weight is 352 g/mol. The van der Waals surface area contributed by atoms with Crippen LogP contribution < -0.4 is 10.1 Å². The van der Waals surface area contributed by atoms with Crippen LogP contribution in [0.3, 0.4) is 0 Å². The zero-order valence-corrected chi connectivity index (χ0v) is 12.9. The first kappa shape index (κ1) is 15.5. The van der Waals surface area contributed by atoms with E-state index in [9.17, 15) is 9.18 Å². The predicted molar refractivity (Wildman–Crippen MR) is 82.8 cm³/mol. The fraction of sp³-hybridized carbons (Fsp3) is 0.188. The molecular weight excluding hydrogens is 337 g/mol. The Balaban J connectivity index is 1.68. The van der Waals surface area contributed by atoms with E-state index in [-0.39, 0.29) is 18.1 Å². The van der Waals surface area contributed by atoms with E-state index in [1.165, 1.54) is 12.1 Å². The van der Waals surface area contributed by atoms with Crippen LogP contribution in [0.5, 0.6) is 5.75 Å². The van der Waals surface area contributed by atoms with Gasteiger partial charge in [-0.1, -0.05) is 34.1 Å². The third kappa shape index (κ3) is 5.55. The summed E-state index contributed by atoms with van der Waals surface area (Å²) in [5, 5.41) is 2.76. The second kappa shape index (κ2) is 7.78. The number of carbonyl (C=O) groups is 1. The summed E-state index contributed by atoms with van der Waals surface area (Å²) in [6.45, 7) is 0.818. The summed E-state index contributed by atoms with van der Waals surface area (Å²) in [4.78, 5) is 11.7. The first-order chi connectivity index (χ1) is 10.1. The summed E-state index contributed by atoms with van der Waals surface area (Å²) in [6.07, 6.45) is 0.233. The molecule has 3 nitrogen and oxygen atoms in total. The summed E-state index contributed by atoms with van der Waals surface area (Å²) in [6, 6.07) is 13.4. The molecule has 0 radical (unpaired) electrons. The van der Waals surface area contributed by atoms with Crippen LogP contribution in [0.4, 0.5) is 4.39 Å². The number of amides is 1. The van der Waals surface area contributed by atoms with Gasteiger partial charge < -0.3 is 10.1 Å². The van der Waals surface area contributed by atoms with Crippen LogP contribution in [0.15, 0.2) is 53.0 Å². The molecule has 0 fully saturated rings. The molecule has 1 amide bonds. The Hall–Kier alpha value is -1.88. The minimum atomic E-state index is -0.304. The Bertz CT molecular complexity index is 601. The number of hydrogen-bond acceptors (Lipinski definition) is 2. The van der Waals surface area contributed by atoms with Crippen molar-refractivity contribution in [2.75, 3.05) is 13.2 Å². The highest BCUT2D eigenvalue weighted by Crippen LogP contribution is 2.17. The molecule has 0 aliphatic rings. The van der Waals surface area contributed by atoms with Crippen molar-refractivity contribution in [3.8, 4) is 5.75 Å². The lowest BCUT2D eigenvalue weighted by atomic mass is 10.1. The molecule has 0 saturated heterocycles. The van der Waals surface area contributed by atoms with Gasteiger partial charge in [0, 0.05) is 4.47 Å². The lowest BCUT2D eigenvalue weighted by Gasteiger charge is -2.08. The molecule has 110 valence electrons. The SMILES string of the molecule is O=C(Cc1ccc(F)cc1)NCCOc1cccc(Br)c1. The summed E-state index contributed by atoms with van der Waals surface area (Å²) in [5.74, 6) is 0.332. The van der Waals surface area contributed by atoms with Crippen molar-refractivity contribution in [1.82, 2.24) is 5.32 Å². The Morgan fingerprint density at radius 1 is 1.19 bits per heavy atom. The number of benzene rings is 2. The highest BCUT2D eigenvalue weighted by atomic mass is 79.9. The van der Waals surface area contributed by atoms with Gasteiger partial charge in [0.05, 0.1) is 13.0 Å². The highest BCUT2D eigenvalue weighted by Gasteiger charge is 2.03. The number of carbonyl (C=O) groups excluding carboxylic acids is 1. The molecule has 2 aromatic rings. The molecule has 0 bridgehead atoms. The highest BCUT2D eigenvalue weighted by molar-refractivity contribution is 9.10. The van der Waals surface area contributed by atoms with Gasteiger partial charge in [0.15, 0.2) is 0 Å². The van der Waals surface area contributed by atoms with Gasteiger partial charge in [0.1, 0.15) is 18.2 Å². The smallest absolute Gasteiger partial charge is 0.224 e. The van der Waals surface area contributed by atoms with Crippen LogP contribution in [-0.2, 0) is 11.2 Å². The van der Waals surface area contributed by atoms with Crippen molar-refractivity contribution in [3.05, 3.63) is 64.4 Å². The van der Waals surface area contributed by atoms with Gasteiger partial charge in [0.2, 0.25) is 5.91 Å². The van der Waals surface area contributed by atoms with E-state index in [1.54, 1.807) is 12.1 Å². The first-order valence-electron chi connectivity index (χ1n) is 6.53. The monoisotopic (exact) mass is 351 g/mol. The van der Waals surface area contributed by atoms with Gasteiger partial charge in [-0.05, 0) is 35.9 Å². The van der Waals surface area contributed by atoms with Crippen molar-refractivity contribution < 1.29 is 13.9 Å². The number of rotatable bonds is 6. The third-order valence-electron chi connectivity index (χ3n) is 2.77. The molecule has 2 rings (SSSR count). The van der Waals surface area contributed by atoms with Crippen LogP contribution >= 0.6 is 15.9 Å². The standard InChI is InChI=1S/C16H15BrFNO2/c17-13-2-1-3-15(11-13)21-9-8-19-16(20)10-12-4-6-14(18)7-5-12/h1-7,11H,8-10H2,(H,19,20). The minimum absolute atomic E-state index is 0.112. The van der Waals surface area contributed by atoms with Gasteiger partial charge in [-0.2, -0.15) is 0 Å². The maximum Gasteiger partial charge on any atom is 0.224 e. The van der Waals surface area contributed by atoms with E-state index in [4.69, 9.17) is 4.74 Å². The van der Waals surface area contributed by atoms with Gasteiger partial charge in [-0.3, -0.25) is 4.79 Å². The molecular formula is C16H15BrFNO2. The Morgan fingerprint density at radius 3 is 2.67 bits per heavy atom. The molecule has 5 heteroatoms. The largest absolute Gasteiger partial charge is 0.492 e. The van der Waals surface area contributed by atoms with Crippen molar-refractivity contribution in [2.45, 2.75) is 6.42 Å². The molecule has 0 aliphatic carbocycles. The van der Waals surface area contributed by atoms with Crippen LogP contribution in [0.1, 0.15) is 5.56 Å². The Morgan fingerprint density at radius 2 is 1.95 bits per heavy atom. The fourth-order valence-corrected chi connectivity index (χ4v) is 2.14. The van der Waals surface area contributed by atoms with Crippen molar-refractivity contribution in [1.29, 1.82) is 0 Å². The molecule has 2 aromatic carbocycles. The van der Waals surface area contributed by atoms with Crippen molar-refractivity contribution >= 4 is 21.8 Å². The second-order valence-corrected chi connectivity index (χ2v) is 5.37. The third-order valence-corrected chi connectivity index (χ3v) is 3.26. The topological polar surface area (TPSA) is 38.3 Å². The number of halogens is 2. The minimum Gasteiger partial charge on any atom is -0.492 e. The number of hydrogen-bond donors (Lipinski definition) is 1. The van der Waals surface area contributed by atoms with Crippen molar-refractivity contribution in [3.63, 3.8) is 0 Å². The molecule has 0 atom stereocenters. The lowest BCUT2D eigenvalue weighted by molar-refractivity contribution is -0.120. The molecule has 0 spiro atoms. The van der Waals surface area contributed by atoms with Gasteiger partial charge >= 0.3 is 0 Å². The van der Waals surface area contributed by atoms with Crippen molar-refractivity contribution in [2.24, 2.45) is 0 Å². The lowest BCUT2D eigenvalue weighted by Crippen LogP contribution is -2.29. The molecule has 0 unspecified atom stereocenters. The molecule has 0 aromatic heterocycles. The summed E-state index contributed by atoms with van der Waals surface area (Å²) in [5.41, 5.74) is 0.779. The summed E-state index contributed by atoms with van der Waals surface area (Å²) in [7, 11) is 0. The predicted octanol–water partition coefficient (Wildman–Crippen LogP) is 3.33. The van der Waals surface area contributed by atoms with Gasteiger partial charge in [0.25, 0.3) is 0 Å². The summed E-state index contributed by atoms with van der Waals surface area (Å²) < 4.78 is 19.2.